The largest absolute Gasteiger partial charge is 0.493 e. The van der Waals surface area contributed by atoms with Crippen molar-refractivity contribution in [1.82, 2.24) is 20.0 Å². The summed E-state index contributed by atoms with van der Waals surface area (Å²) in [7, 11) is 2.91. The number of Topliss-reactive ketones (excluding diaryl/α,β-unsaturated/α-hetero) is 1. The summed E-state index contributed by atoms with van der Waals surface area (Å²) >= 11 is 0. The number of methoxy groups -OCH3 is 1. The summed E-state index contributed by atoms with van der Waals surface area (Å²) in [6.45, 7) is 5.21. The minimum atomic E-state index is -1.39. The van der Waals surface area contributed by atoms with Gasteiger partial charge in [-0.1, -0.05) is 36.4 Å². The number of allylic oxidation sites excluding steroid dienone is 1. The topological polar surface area (TPSA) is 211 Å². The van der Waals surface area contributed by atoms with E-state index in [-0.39, 0.29) is 29.4 Å². The third-order valence-electron chi connectivity index (χ3n) is 8.20. The van der Waals surface area contributed by atoms with E-state index in [1.165, 1.54) is 84.6 Å². The molecule has 0 spiro atoms. The third-order valence-corrected chi connectivity index (χ3v) is 8.20. The smallest absolute Gasteiger partial charge is 0.360 e. The predicted molar refractivity (Wildman–Crippen MR) is 196 cm³/mol. The van der Waals surface area contributed by atoms with E-state index < -0.39 is 52.2 Å². The van der Waals surface area contributed by atoms with E-state index in [9.17, 15) is 37.1 Å². The van der Waals surface area contributed by atoms with Crippen LogP contribution in [0.1, 0.15) is 44.9 Å². The molecule has 0 unspecified atom stereocenters. The van der Waals surface area contributed by atoms with Gasteiger partial charge in [-0.25, -0.2) is 27.6 Å². The number of aromatic nitrogens is 4. The highest BCUT2D eigenvalue weighted by Crippen LogP contribution is 2.34. The van der Waals surface area contributed by atoms with E-state index in [2.05, 4.69) is 20.3 Å². The zero-order valence-corrected chi connectivity index (χ0v) is 30.3. The van der Waals surface area contributed by atoms with Gasteiger partial charge in [0, 0.05) is 23.9 Å². The van der Waals surface area contributed by atoms with Gasteiger partial charge in [0.25, 0.3) is 0 Å². The first kappa shape index (κ1) is 41.5. The number of carbonyl (C=O) groups is 4. The van der Waals surface area contributed by atoms with Gasteiger partial charge in [0.15, 0.2) is 11.5 Å². The number of ether oxygens (including phenoxy) is 1. The minimum absolute atomic E-state index is 0.117. The Hall–Kier alpha value is -7.30. The van der Waals surface area contributed by atoms with Crippen molar-refractivity contribution >= 4 is 35.0 Å². The van der Waals surface area contributed by atoms with Crippen LogP contribution in [-0.2, 0) is 16.6 Å². The SMILES string of the molecule is CC1=C(c2ccc(F)cc2)C(=O)C(C(=O)O)=NC1.COc1c(C(=O)O)nnc(C)c1-c1ccc(F)cc1.Cc1c(-c2ccc(F)cc2)c(=O)c(C(=O)O)nn1C. The Morgan fingerprint density at radius 1 is 0.679 bits per heavy atom. The highest BCUT2D eigenvalue weighted by atomic mass is 19.1. The number of aliphatic carboxylic acids is 1. The average Bonchev–Trinajstić information content (AvgIpc) is 3.15. The van der Waals surface area contributed by atoms with Crippen LogP contribution < -0.4 is 10.2 Å². The molecule has 1 aliphatic heterocycles. The Morgan fingerprint density at radius 2 is 1.14 bits per heavy atom. The fraction of sp³-hybridized carbons (Fsp3) is 0.154. The van der Waals surface area contributed by atoms with E-state index in [1.54, 1.807) is 27.8 Å². The first-order chi connectivity index (χ1) is 26.5. The average molecular weight is 772 g/mol. The molecule has 0 saturated heterocycles. The van der Waals surface area contributed by atoms with Crippen LogP contribution in [0.2, 0.25) is 0 Å². The Bertz CT molecular complexity index is 2460. The highest BCUT2D eigenvalue weighted by Gasteiger charge is 2.29. The summed E-state index contributed by atoms with van der Waals surface area (Å²) in [6, 6.07) is 16.3. The van der Waals surface area contributed by atoms with Crippen LogP contribution in [0.4, 0.5) is 13.2 Å². The number of benzene rings is 3. The molecule has 3 heterocycles. The minimum Gasteiger partial charge on any atom is -0.493 e. The fourth-order valence-electron chi connectivity index (χ4n) is 5.43. The second kappa shape index (κ2) is 17.7. The van der Waals surface area contributed by atoms with Crippen LogP contribution in [0.15, 0.2) is 88.2 Å². The number of carbonyl (C=O) groups excluding carboxylic acids is 1. The van der Waals surface area contributed by atoms with Gasteiger partial charge < -0.3 is 20.1 Å². The lowest BCUT2D eigenvalue weighted by molar-refractivity contribution is -0.130. The van der Waals surface area contributed by atoms with Gasteiger partial charge in [-0.05, 0) is 79.4 Å². The van der Waals surface area contributed by atoms with Crippen LogP contribution in [0, 0.1) is 31.3 Å². The zero-order valence-electron chi connectivity index (χ0n) is 30.3. The zero-order chi connectivity index (χ0) is 41.4. The predicted octanol–water partition coefficient (Wildman–Crippen LogP) is 5.60. The van der Waals surface area contributed by atoms with Gasteiger partial charge in [-0.3, -0.25) is 19.3 Å². The van der Waals surface area contributed by atoms with Gasteiger partial charge in [-0.15, -0.1) is 5.10 Å². The van der Waals surface area contributed by atoms with E-state index in [1.807, 2.05) is 0 Å². The molecule has 0 amide bonds. The maximum absolute atomic E-state index is 12.9. The van der Waals surface area contributed by atoms with Crippen molar-refractivity contribution < 1.29 is 52.4 Å². The maximum atomic E-state index is 12.9. The monoisotopic (exact) mass is 771 g/mol. The molecule has 0 atom stereocenters. The number of rotatable bonds is 7. The highest BCUT2D eigenvalue weighted by molar-refractivity contribution is 6.73. The van der Waals surface area contributed by atoms with Crippen LogP contribution in [-0.4, -0.2) is 78.4 Å². The summed E-state index contributed by atoms with van der Waals surface area (Å²) in [5.41, 5.74) is 2.33. The van der Waals surface area contributed by atoms with Crippen molar-refractivity contribution in [2.75, 3.05) is 13.7 Å². The lowest BCUT2D eigenvalue weighted by Gasteiger charge is -2.15. The molecule has 56 heavy (non-hydrogen) atoms. The summed E-state index contributed by atoms with van der Waals surface area (Å²) in [6.07, 6.45) is 0. The van der Waals surface area contributed by atoms with E-state index in [0.717, 1.165) is 0 Å². The summed E-state index contributed by atoms with van der Waals surface area (Å²) < 4.78 is 45.1. The number of dihydropyridines is 1. The summed E-state index contributed by atoms with van der Waals surface area (Å²) in [4.78, 5) is 60.8. The Morgan fingerprint density at radius 3 is 1.59 bits per heavy atom. The lowest BCUT2D eigenvalue weighted by Crippen LogP contribution is -2.29. The normalized spacial score (nSPS) is 12.1. The summed E-state index contributed by atoms with van der Waals surface area (Å²) in [5, 5.41) is 38.0. The number of carboxylic acid groups (broad SMARTS) is 3. The quantitative estimate of drug-likeness (QED) is 0.185. The lowest BCUT2D eigenvalue weighted by atomic mass is 9.92. The molecule has 6 rings (SSSR count). The molecule has 1 aliphatic rings. The van der Waals surface area contributed by atoms with Crippen molar-refractivity contribution in [2.24, 2.45) is 12.0 Å². The number of hydrogen-bond donors (Lipinski definition) is 3. The van der Waals surface area contributed by atoms with Gasteiger partial charge in [0.05, 0.1) is 24.9 Å². The van der Waals surface area contributed by atoms with Crippen molar-refractivity contribution in [3.8, 4) is 28.0 Å². The number of aliphatic imine (C=N–C) groups is 1. The van der Waals surface area contributed by atoms with Crippen LogP contribution in [0.3, 0.4) is 0 Å². The number of ketones is 1. The van der Waals surface area contributed by atoms with Crippen LogP contribution in [0.25, 0.3) is 27.8 Å². The molecule has 0 radical (unpaired) electrons. The molecule has 5 aromatic rings. The molecular formula is C39H32F3N5O9. The molecular weight excluding hydrogens is 739 g/mol. The second-order valence-corrected chi connectivity index (χ2v) is 11.9. The number of halogens is 3. The van der Waals surface area contributed by atoms with E-state index >= 15 is 0 Å². The van der Waals surface area contributed by atoms with Crippen molar-refractivity contribution in [1.29, 1.82) is 0 Å². The first-order valence-corrected chi connectivity index (χ1v) is 16.2. The van der Waals surface area contributed by atoms with Crippen molar-refractivity contribution in [3.05, 3.63) is 134 Å². The molecule has 0 aliphatic carbocycles. The van der Waals surface area contributed by atoms with E-state index in [0.29, 0.717) is 44.8 Å². The standard InChI is InChI=1S/2C13H11FN2O3.C13H10FNO3/c1-7-10(8-3-5-9(14)6-4-8)12(17)11(13(18)19)15-16(7)2;1-7-10(8-3-5-9(14)6-4-8)12(19-2)11(13(17)18)16-15-7;1-7-6-15-11(13(17)18)12(16)10(7)8-2-4-9(14)5-3-8/h3-6H,1-2H3,(H,18,19);3-6H,1-2H3,(H,17,18);2-5H,6H2,1H3,(H,17,18). The molecule has 0 fully saturated rings. The fourth-order valence-corrected chi connectivity index (χ4v) is 5.43. The number of nitrogens with zero attached hydrogens (tertiary/aromatic N) is 5. The Labute approximate surface area is 315 Å². The molecule has 17 heteroatoms. The molecule has 2 aromatic heterocycles. The maximum Gasteiger partial charge on any atom is 0.360 e. The van der Waals surface area contributed by atoms with Gasteiger partial charge in [-0.2, -0.15) is 10.2 Å². The summed E-state index contributed by atoms with van der Waals surface area (Å²) in [5.74, 6) is -5.67. The Balaban J connectivity index is 0.000000187. The second-order valence-electron chi connectivity index (χ2n) is 11.9. The van der Waals surface area contributed by atoms with Crippen LogP contribution >= 0.6 is 0 Å². The molecule has 14 nitrogen and oxygen atoms in total. The molecule has 3 N–H and O–H groups in total. The van der Waals surface area contributed by atoms with Gasteiger partial charge in [0.2, 0.25) is 22.6 Å². The number of hydrogen-bond acceptors (Lipinski definition) is 10. The van der Waals surface area contributed by atoms with Crippen molar-refractivity contribution in [3.63, 3.8) is 0 Å². The third kappa shape index (κ3) is 9.25. The Kier molecular flexibility index (Phi) is 13.1. The van der Waals surface area contributed by atoms with Crippen molar-refractivity contribution in [2.45, 2.75) is 20.8 Å². The number of aryl methyl sites for hydroxylation is 2. The first-order valence-electron chi connectivity index (χ1n) is 16.2. The molecule has 0 saturated carbocycles. The number of aromatic carboxylic acids is 2. The number of carboxylic acids is 3. The van der Waals surface area contributed by atoms with Gasteiger partial charge >= 0.3 is 17.9 Å². The molecule has 0 bridgehead atoms. The van der Waals surface area contributed by atoms with Gasteiger partial charge in [0.1, 0.15) is 17.5 Å². The van der Waals surface area contributed by atoms with Crippen LogP contribution in [0.5, 0.6) is 5.75 Å². The molecule has 3 aromatic carbocycles. The van der Waals surface area contributed by atoms with E-state index in [4.69, 9.17) is 20.1 Å². The molecule has 288 valence electrons.